The second kappa shape index (κ2) is 7.99. The molecule has 0 amide bonds. The molecule has 2 N–H and O–H groups in total. The van der Waals surface area contributed by atoms with Crippen molar-refractivity contribution in [1.82, 2.24) is 0 Å². The van der Waals surface area contributed by atoms with Crippen LogP contribution in [0.2, 0.25) is 0 Å². The first-order valence-electron chi connectivity index (χ1n) is 7.77. The topological polar surface area (TPSA) is 144 Å². The van der Waals surface area contributed by atoms with Gasteiger partial charge in [0.25, 0.3) is 11.4 Å². The average Bonchev–Trinajstić information content (AvgIpc) is 2.60. The maximum absolute atomic E-state index is 12.5. The Morgan fingerprint density at radius 1 is 0.815 bits per heavy atom. The van der Waals surface area contributed by atoms with Crippen LogP contribution in [0.5, 0.6) is 0 Å². The molecule has 0 radical (unpaired) electrons. The van der Waals surface area contributed by atoms with Crippen LogP contribution in [0.15, 0.2) is 36.4 Å². The second-order valence-electron chi connectivity index (χ2n) is 5.75. The Morgan fingerprint density at radius 3 is 1.48 bits per heavy atom. The van der Waals surface area contributed by atoms with Crippen molar-refractivity contribution in [1.29, 1.82) is 0 Å². The number of rotatable bonds is 8. The van der Waals surface area contributed by atoms with Gasteiger partial charge in [-0.2, -0.15) is 0 Å². The van der Waals surface area contributed by atoms with Crippen molar-refractivity contribution in [2.75, 3.05) is 24.7 Å². The highest BCUT2D eigenvalue weighted by molar-refractivity contribution is 7.89. The lowest BCUT2D eigenvalue weighted by molar-refractivity contribution is -0.384. The Hall–Kier alpha value is -3.21. The predicted octanol–water partition coefficient (Wildman–Crippen LogP) is 2.70. The van der Waals surface area contributed by atoms with Crippen molar-refractivity contribution in [2.45, 2.75) is 11.5 Å². The summed E-state index contributed by atoms with van der Waals surface area (Å²) >= 11 is 0. The Morgan fingerprint density at radius 2 is 1.19 bits per heavy atom. The summed E-state index contributed by atoms with van der Waals surface area (Å²) in [7, 11) is -0.641. The summed E-state index contributed by atoms with van der Waals surface area (Å²) in [6.45, 7) is 0. The van der Waals surface area contributed by atoms with Crippen LogP contribution in [-0.4, -0.2) is 32.4 Å². The van der Waals surface area contributed by atoms with Gasteiger partial charge in [-0.05, 0) is 23.3 Å². The van der Waals surface area contributed by atoms with Crippen LogP contribution in [-0.2, 0) is 21.3 Å². The molecule has 10 nitrogen and oxygen atoms in total. The SMILES string of the molecule is CNc1ccc(CS(=O)(=O)Cc2ccc(NC)c([N+](=O)[O-])c2)cc1[N+](=O)[O-]. The van der Waals surface area contributed by atoms with E-state index in [0.29, 0.717) is 0 Å². The van der Waals surface area contributed by atoms with Gasteiger partial charge in [-0.25, -0.2) is 8.42 Å². The summed E-state index contributed by atoms with van der Waals surface area (Å²) in [5.41, 5.74) is 0.640. The molecule has 0 aromatic heterocycles. The van der Waals surface area contributed by atoms with Gasteiger partial charge >= 0.3 is 0 Å². The fourth-order valence-electron chi connectivity index (χ4n) is 2.62. The van der Waals surface area contributed by atoms with Gasteiger partial charge in [0, 0.05) is 26.2 Å². The van der Waals surface area contributed by atoms with Crippen molar-refractivity contribution in [3.63, 3.8) is 0 Å². The summed E-state index contributed by atoms with van der Waals surface area (Å²) in [4.78, 5) is 21.0. The molecular weight excluding hydrogens is 376 g/mol. The molecule has 0 aliphatic heterocycles. The number of hydrogen-bond donors (Lipinski definition) is 2. The molecule has 0 heterocycles. The van der Waals surface area contributed by atoms with Crippen LogP contribution in [0.1, 0.15) is 11.1 Å². The van der Waals surface area contributed by atoms with Crippen LogP contribution >= 0.6 is 0 Å². The number of benzene rings is 2. The summed E-state index contributed by atoms with van der Waals surface area (Å²) in [5.74, 6) is -0.835. The van der Waals surface area contributed by atoms with Gasteiger partial charge in [-0.1, -0.05) is 12.1 Å². The van der Waals surface area contributed by atoms with Gasteiger partial charge in [0.2, 0.25) is 0 Å². The maximum Gasteiger partial charge on any atom is 0.292 e. The average molecular weight is 394 g/mol. The third-order valence-corrected chi connectivity index (χ3v) is 5.38. The summed E-state index contributed by atoms with van der Waals surface area (Å²) in [6.07, 6.45) is 0. The predicted molar refractivity (Wildman–Crippen MR) is 102 cm³/mol. The largest absolute Gasteiger partial charge is 0.383 e. The molecule has 0 saturated heterocycles. The molecule has 0 atom stereocenters. The van der Waals surface area contributed by atoms with E-state index in [9.17, 15) is 28.6 Å². The highest BCUT2D eigenvalue weighted by Crippen LogP contribution is 2.28. The number of nitrogens with one attached hydrogen (secondary N) is 2. The van der Waals surface area contributed by atoms with Gasteiger partial charge in [-0.15, -0.1) is 0 Å². The zero-order chi connectivity index (χ0) is 20.2. The molecule has 27 heavy (non-hydrogen) atoms. The fourth-order valence-corrected chi connectivity index (χ4v) is 4.09. The number of nitro groups is 2. The summed E-state index contributed by atoms with van der Waals surface area (Å²) in [6, 6.07) is 8.27. The minimum absolute atomic E-state index is 0.223. The minimum Gasteiger partial charge on any atom is -0.383 e. The Kier molecular flexibility index (Phi) is 5.95. The maximum atomic E-state index is 12.5. The van der Waals surface area contributed by atoms with E-state index in [-0.39, 0.29) is 33.9 Å². The number of anilines is 2. The first-order valence-corrected chi connectivity index (χ1v) is 9.59. The molecule has 0 saturated carbocycles. The van der Waals surface area contributed by atoms with E-state index in [4.69, 9.17) is 0 Å². The van der Waals surface area contributed by atoms with E-state index in [1.807, 2.05) is 0 Å². The Bertz CT molecular complexity index is 917. The second-order valence-corrected chi connectivity index (χ2v) is 7.81. The number of nitrogens with zero attached hydrogens (tertiary/aromatic N) is 2. The minimum atomic E-state index is -3.70. The molecule has 0 aliphatic rings. The molecular formula is C16H18N4O6S. The number of nitro benzene ring substituents is 2. The quantitative estimate of drug-likeness (QED) is 0.513. The zero-order valence-electron chi connectivity index (χ0n) is 14.6. The van der Waals surface area contributed by atoms with Crippen LogP contribution in [0.3, 0.4) is 0 Å². The van der Waals surface area contributed by atoms with E-state index in [0.717, 1.165) is 0 Å². The number of hydrogen-bond acceptors (Lipinski definition) is 8. The highest BCUT2D eigenvalue weighted by atomic mass is 32.2. The fraction of sp³-hybridized carbons (Fsp3) is 0.250. The molecule has 0 unspecified atom stereocenters. The molecule has 0 spiro atoms. The number of sulfone groups is 1. The molecule has 0 aliphatic carbocycles. The lowest BCUT2D eigenvalue weighted by Gasteiger charge is -2.08. The van der Waals surface area contributed by atoms with Gasteiger partial charge in [0.15, 0.2) is 9.84 Å². The van der Waals surface area contributed by atoms with E-state index in [1.54, 1.807) is 0 Å². The van der Waals surface area contributed by atoms with Crippen LogP contribution in [0, 0.1) is 20.2 Å². The Balaban J connectivity index is 2.28. The lowest BCUT2D eigenvalue weighted by Crippen LogP contribution is -2.09. The first kappa shape index (κ1) is 20.1. The lowest BCUT2D eigenvalue weighted by atomic mass is 10.2. The standard InChI is InChI=1S/C16H18N4O6S/c1-17-13-5-3-11(7-15(13)19(21)22)9-27(25,26)10-12-4-6-14(18-2)16(8-12)20(23)24/h3-8,17-18H,9-10H2,1-2H3. The monoisotopic (exact) mass is 394 g/mol. The molecule has 0 bridgehead atoms. The highest BCUT2D eigenvalue weighted by Gasteiger charge is 2.20. The van der Waals surface area contributed by atoms with E-state index >= 15 is 0 Å². The van der Waals surface area contributed by atoms with Crippen molar-refractivity contribution in [3.05, 3.63) is 67.8 Å². The van der Waals surface area contributed by atoms with Crippen LogP contribution < -0.4 is 10.6 Å². The van der Waals surface area contributed by atoms with Crippen molar-refractivity contribution in [3.8, 4) is 0 Å². The third-order valence-electron chi connectivity index (χ3n) is 3.83. The Labute approximate surface area is 155 Å². The molecule has 2 rings (SSSR count). The summed E-state index contributed by atoms with van der Waals surface area (Å²) < 4.78 is 24.9. The normalized spacial score (nSPS) is 11.0. The van der Waals surface area contributed by atoms with Crippen LogP contribution in [0.4, 0.5) is 22.7 Å². The van der Waals surface area contributed by atoms with Gasteiger partial charge in [0.1, 0.15) is 11.4 Å². The van der Waals surface area contributed by atoms with Crippen molar-refractivity contribution >= 4 is 32.6 Å². The van der Waals surface area contributed by atoms with Gasteiger partial charge in [-0.3, -0.25) is 20.2 Å². The molecule has 2 aromatic carbocycles. The zero-order valence-corrected chi connectivity index (χ0v) is 15.4. The molecule has 0 fully saturated rings. The third kappa shape index (κ3) is 4.91. The molecule has 2 aromatic rings. The van der Waals surface area contributed by atoms with E-state index in [2.05, 4.69) is 10.6 Å². The van der Waals surface area contributed by atoms with Crippen molar-refractivity contribution in [2.24, 2.45) is 0 Å². The van der Waals surface area contributed by atoms with Gasteiger partial charge in [0.05, 0.1) is 21.4 Å². The molecule has 144 valence electrons. The van der Waals surface area contributed by atoms with Crippen molar-refractivity contribution < 1.29 is 18.3 Å². The summed E-state index contributed by atoms with van der Waals surface area (Å²) in [5, 5.41) is 27.5. The van der Waals surface area contributed by atoms with Gasteiger partial charge < -0.3 is 10.6 Å². The first-order chi connectivity index (χ1) is 12.7. The van der Waals surface area contributed by atoms with Crippen LogP contribution in [0.25, 0.3) is 0 Å². The van der Waals surface area contributed by atoms with E-state index < -0.39 is 31.2 Å². The van der Waals surface area contributed by atoms with E-state index in [1.165, 1.54) is 50.5 Å². The molecule has 11 heteroatoms. The smallest absolute Gasteiger partial charge is 0.292 e.